The molecule has 0 aromatic rings. The van der Waals surface area contributed by atoms with Crippen molar-refractivity contribution in [1.29, 1.82) is 0 Å². The van der Waals surface area contributed by atoms with Gasteiger partial charge in [0.25, 0.3) is 0 Å². The van der Waals surface area contributed by atoms with Gasteiger partial charge in [-0.3, -0.25) is 0 Å². The molecule has 0 N–H and O–H groups in total. The quantitative estimate of drug-likeness (QED) is 0.591. The fourth-order valence-electron chi connectivity index (χ4n) is 1.80. The molecule has 8 heteroatoms. The van der Waals surface area contributed by atoms with E-state index in [1.807, 2.05) is 13.8 Å². The molecule has 0 radical (unpaired) electrons. The Hall–Kier alpha value is -0.490. The summed E-state index contributed by atoms with van der Waals surface area (Å²) >= 11 is 16.9. The summed E-state index contributed by atoms with van der Waals surface area (Å²) in [6, 6.07) is -0.513. The van der Waals surface area contributed by atoms with Crippen LogP contribution in [0.4, 0.5) is 4.79 Å². The van der Waals surface area contributed by atoms with Crippen molar-refractivity contribution < 1.29 is 14.1 Å². The van der Waals surface area contributed by atoms with Gasteiger partial charge in [-0.15, -0.1) is 0 Å². The molecule has 1 aliphatic rings. The summed E-state index contributed by atoms with van der Waals surface area (Å²) in [5, 5.41) is 0. The number of amides is 3. The number of quaternary nitrogens is 1. The summed E-state index contributed by atoms with van der Waals surface area (Å²) in [4.78, 5) is 24.4. The minimum atomic E-state index is -0.513. The number of carbonyl (C=O) groups excluding carboxylic acids is 2. The molecule has 5 nitrogen and oxygen atoms in total. The lowest BCUT2D eigenvalue weighted by molar-refractivity contribution is -0.758. The maximum absolute atomic E-state index is 12.3. The summed E-state index contributed by atoms with van der Waals surface area (Å²) in [6.45, 7) is 4.29. The van der Waals surface area contributed by atoms with E-state index in [9.17, 15) is 9.59 Å². The summed E-state index contributed by atoms with van der Waals surface area (Å²) < 4.78 is 0.967. The Labute approximate surface area is 121 Å². The number of nitrogens with zero attached hydrogens (tertiary/aromatic N) is 3. The van der Waals surface area contributed by atoms with E-state index in [0.717, 1.165) is 17.0 Å². The SMILES string of the molecule is CCC(C)C[N+]1(C)C(=O)C(N(Cl)Cl)=CN(Cl)C1=O. The third-order valence-corrected chi connectivity index (χ3v) is 3.67. The van der Waals surface area contributed by atoms with Crippen molar-refractivity contribution in [2.75, 3.05) is 13.6 Å². The molecule has 0 spiro atoms. The third-order valence-electron chi connectivity index (χ3n) is 3.06. The molecule has 102 valence electrons. The van der Waals surface area contributed by atoms with Gasteiger partial charge in [0.15, 0.2) is 5.70 Å². The molecule has 0 aromatic heterocycles. The van der Waals surface area contributed by atoms with Crippen LogP contribution in [0.5, 0.6) is 0 Å². The van der Waals surface area contributed by atoms with Crippen molar-refractivity contribution in [3.05, 3.63) is 11.9 Å². The van der Waals surface area contributed by atoms with Crippen LogP contribution in [0.3, 0.4) is 0 Å². The fourth-order valence-corrected chi connectivity index (χ4v) is 2.29. The molecule has 0 saturated heterocycles. The Kier molecular flexibility index (Phi) is 4.89. The Morgan fingerprint density at radius 1 is 1.44 bits per heavy atom. The van der Waals surface area contributed by atoms with Crippen LogP contribution < -0.4 is 0 Å². The molecular formula is C10H15Cl3N3O2+. The number of urea groups is 1. The lowest BCUT2D eigenvalue weighted by Crippen LogP contribution is -2.61. The van der Waals surface area contributed by atoms with Crippen molar-refractivity contribution in [3.63, 3.8) is 0 Å². The fraction of sp³-hybridized carbons (Fsp3) is 0.600. The van der Waals surface area contributed by atoms with Crippen LogP contribution in [0.15, 0.2) is 11.9 Å². The third kappa shape index (κ3) is 2.74. The van der Waals surface area contributed by atoms with Crippen LogP contribution in [0.1, 0.15) is 20.3 Å². The summed E-state index contributed by atoms with van der Waals surface area (Å²) in [5.41, 5.74) is -0.0289. The van der Waals surface area contributed by atoms with Crippen LogP contribution in [-0.4, -0.2) is 38.4 Å². The van der Waals surface area contributed by atoms with Crippen molar-refractivity contribution >= 4 is 47.3 Å². The molecule has 0 saturated carbocycles. The van der Waals surface area contributed by atoms with Crippen molar-refractivity contribution in [2.24, 2.45) is 5.92 Å². The number of halogens is 3. The molecule has 1 heterocycles. The number of imide groups is 1. The number of rotatable bonds is 4. The highest BCUT2D eigenvalue weighted by molar-refractivity contribution is 6.37. The molecule has 1 rings (SSSR count). The molecule has 0 fully saturated rings. The summed E-state index contributed by atoms with van der Waals surface area (Å²) in [5.74, 6) is -0.284. The van der Waals surface area contributed by atoms with Gasteiger partial charge in [0.1, 0.15) is 0 Å². The topological polar surface area (TPSA) is 40.6 Å². The van der Waals surface area contributed by atoms with E-state index < -0.39 is 16.4 Å². The lowest BCUT2D eigenvalue weighted by atomic mass is 10.1. The number of carbonyl (C=O) groups is 2. The van der Waals surface area contributed by atoms with Gasteiger partial charge in [0, 0.05) is 41.2 Å². The molecule has 0 aliphatic carbocycles. The summed E-state index contributed by atoms with van der Waals surface area (Å²) in [6.07, 6.45) is 1.96. The predicted molar refractivity (Wildman–Crippen MR) is 70.2 cm³/mol. The highest BCUT2D eigenvalue weighted by atomic mass is 35.5. The zero-order valence-corrected chi connectivity index (χ0v) is 12.6. The van der Waals surface area contributed by atoms with Crippen LogP contribution in [0.2, 0.25) is 0 Å². The molecule has 18 heavy (non-hydrogen) atoms. The summed E-state index contributed by atoms with van der Waals surface area (Å²) in [7, 11) is 1.51. The molecule has 2 unspecified atom stereocenters. The number of hydrogen-bond acceptors (Lipinski definition) is 3. The Morgan fingerprint density at radius 3 is 2.44 bits per heavy atom. The van der Waals surface area contributed by atoms with Crippen molar-refractivity contribution in [2.45, 2.75) is 20.3 Å². The largest absolute Gasteiger partial charge is 0.445 e. The van der Waals surface area contributed by atoms with Crippen LogP contribution in [0.25, 0.3) is 0 Å². The Morgan fingerprint density at radius 2 is 2.00 bits per heavy atom. The normalized spacial score (nSPS) is 26.1. The smallest absolute Gasteiger partial charge is 0.223 e. The minimum absolute atomic E-state index is 0.0289. The van der Waals surface area contributed by atoms with Crippen LogP contribution >= 0.6 is 35.3 Å². The maximum Gasteiger partial charge on any atom is 0.445 e. The van der Waals surface area contributed by atoms with E-state index in [2.05, 4.69) is 0 Å². The van der Waals surface area contributed by atoms with Crippen LogP contribution in [-0.2, 0) is 4.79 Å². The van der Waals surface area contributed by atoms with Gasteiger partial charge < -0.3 is 0 Å². The number of hydrogen-bond donors (Lipinski definition) is 0. The van der Waals surface area contributed by atoms with Gasteiger partial charge in [-0.05, 0) is 6.42 Å². The maximum atomic E-state index is 12.3. The zero-order valence-electron chi connectivity index (χ0n) is 10.4. The van der Waals surface area contributed by atoms with E-state index in [0.29, 0.717) is 10.5 Å². The van der Waals surface area contributed by atoms with E-state index in [-0.39, 0.29) is 11.6 Å². The minimum Gasteiger partial charge on any atom is -0.223 e. The van der Waals surface area contributed by atoms with Crippen LogP contribution in [0, 0.1) is 5.92 Å². The molecule has 0 bridgehead atoms. The van der Waals surface area contributed by atoms with Crippen molar-refractivity contribution in [3.8, 4) is 0 Å². The highest BCUT2D eigenvalue weighted by Gasteiger charge is 2.50. The van der Waals surface area contributed by atoms with E-state index >= 15 is 0 Å². The van der Waals surface area contributed by atoms with E-state index in [1.165, 1.54) is 7.05 Å². The molecule has 2 atom stereocenters. The predicted octanol–water partition coefficient (Wildman–Crippen LogP) is 3.05. The van der Waals surface area contributed by atoms with Gasteiger partial charge in [0.2, 0.25) is 0 Å². The first-order valence-electron chi connectivity index (χ1n) is 5.47. The molecule has 0 aromatic carbocycles. The van der Waals surface area contributed by atoms with Gasteiger partial charge in [0.05, 0.1) is 19.8 Å². The van der Waals surface area contributed by atoms with Gasteiger partial charge in [-0.1, -0.05) is 13.8 Å². The molecular weight excluding hydrogens is 300 g/mol. The van der Waals surface area contributed by atoms with Crippen molar-refractivity contribution in [1.82, 2.24) is 8.36 Å². The first kappa shape index (κ1) is 15.6. The van der Waals surface area contributed by atoms with Gasteiger partial charge >= 0.3 is 11.9 Å². The van der Waals surface area contributed by atoms with Gasteiger partial charge in [-0.25, -0.2) is 9.59 Å². The first-order valence-corrected chi connectivity index (χ1v) is 6.49. The Bertz CT molecular complexity index is 400. The zero-order chi connectivity index (χ0) is 14.1. The average molecular weight is 316 g/mol. The second kappa shape index (κ2) is 5.65. The second-order valence-electron chi connectivity index (χ2n) is 4.53. The second-order valence-corrected chi connectivity index (χ2v) is 5.75. The first-order chi connectivity index (χ1) is 8.24. The van der Waals surface area contributed by atoms with E-state index in [4.69, 9.17) is 35.3 Å². The van der Waals surface area contributed by atoms with E-state index in [1.54, 1.807) is 0 Å². The lowest BCUT2D eigenvalue weighted by Gasteiger charge is -2.35. The molecule has 3 amide bonds. The average Bonchev–Trinajstić information content (AvgIpc) is 2.31. The standard InChI is InChI=1S/C10H15Cl3N3O2/c1-4-7(2)6-16(3)9(17)8(15(12)13)5-14(11)10(16)18/h5,7H,4,6H2,1-3H3/q+1. The monoisotopic (exact) mass is 314 g/mol. The molecule has 1 aliphatic heterocycles. The van der Waals surface area contributed by atoms with Gasteiger partial charge in [-0.2, -0.15) is 12.8 Å². The Balaban J connectivity index is 3.15. The highest BCUT2D eigenvalue weighted by Crippen LogP contribution is 2.28. The number of likely N-dealkylation sites (N-methyl/N-ethyl adjacent to an activating group) is 1.